The third-order valence-electron chi connectivity index (χ3n) is 3.88. The zero-order valence-corrected chi connectivity index (χ0v) is 10.3. The van der Waals surface area contributed by atoms with Crippen LogP contribution in [0.25, 0.3) is 0 Å². The molecule has 2 N–H and O–H groups in total. The topological polar surface area (TPSA) is 44.4 Å². The summed E-state index contributed by atoms with van der Waals surface area (Å²) in [6, 6.07) is 1.67. The number of hydrogen-bond acceptors (Lipinski definition) is 2. The van der Waals surface area contributed by atoms with Crippen LogP contribution >= 0.6 is 0 Å². The molecule has 0 bridgehead atoms. The van der Waals surface area contributed by atoms with E-state index in [1.807, 2.05) is 19.0 Å². The smallest absolute Gasteiger partial charge is 0.317 e. The first-order valence-corrected chi connectivity index (χ1v) is 6.41. The molecule has 2 fully saturated rings. The van der Waals surface area contributed by atoms with Crippen molar-refractivity contribution in [3.63, 3.8) is 0 Å². The van der Waals surface area contributed by atoms with Crippen LogP contribution in [0.15, 0.2) is 0 Å². The summed E-state index contributed by atoms with van der Waals surface area (Å²) in [5, 5.41) is 6.36. The second kappa shape index (κ2) is 5.04. The van der Waals surface area contributed by atoms with Gasteiger partial charge in [-0.3, -0.25) is 0 Å². The Labute approximate surface area is 97.8 Å². The highest BCUT2D eigenvalue weighted by molar-refractivity contribution is 5.74. The van der Waals surface area contributed by atoms with Gasteiger partial charge in [0, 0.05) is 25.2 Å². The molecule has 0 heterocycles. The normalized spacial score (nSPS) is 29.9. The van der Waals surface area contributed by atoms with E-state index >= 15 is 0 Å². The third-order valence-corrected chi connectivity index (χ3v) is 3.88. The van der Waals surface area contributed by atoms with E-state index in [1.165, 1.54) is 12.8 Å². The molecule has 0 radical (unpaired) electrons. The van der Waals surface area contributed by atoms with E-state index in [0.717, 1.165) is 25.7 Å². The van der Waals surface area contributed by atoms with Crippen molar-refractivity contribution in [3.8, 4) is 0 Å². The lowest BCUT2D eigenvalue weighted by molar-refractivity contribution is 0.166. The van der Waals surface area contributed by atoms with Gasteiger partial charge < -0.3 is 15.5 Å². The Kier molecular flexibility index (Phi) is 3.69. The minimum Gasteiger partial charge on any atom is -0.335 e. The largest absolute Gasteiger partial charge is 0.335 e. The zero-order valence-electron chi connectivity index (χ0n) is 10.3. The van der Waals surface area contributed by atoms with Crippen LogP contribution in [0.1, 0.15) is 38.5 Å². The van der Waals surface area contributed by atoms with Crippen LogP contribution in [-0.4, -0.2) is 43.2 Å². The van der Waals surface area contributed by atoms with Gasteiger partial charge in [-0.05, 0) is 45.6 Å². The van der Waals surface area contributed by atoms with Crippen LogP contribution in [0.5, 0.6) is 0 Å². The summed E-state index contributed by atoms with van der Waals surface area (Å²) in [5.74, 6) is 0. The molecular formula is C12H23N3O. The van der Waals surface area contributed by atoms with E-state index in [9.17, 15) is 4.79 Å². The fourth-order valence-corrected chi connectivity index (χ4v) is 2.42. The molecular weight excluding hydrogens is 202 g/mol. The lowest BCUT2D eigenvalue weighted by atomic mass is 9.90. The van der Waals surface area contributed by atoms with E-state index in [0.29, 0.717) is 18.1 Å². The fourth-order valence-electron chi connectivity index (χ4n) is 2.42. The van der Waals surface area contributed by atoms with Gasteiger partial charge in [-0.1, -0.05) is 0 Å². The van der Waals surface area contributed by atoms with Gasteiger partial charge in [0.25, 0.3) is 0 Å². The van der Waals surface area contributed by atoms with Crippen molar-refractivity contribution in [2.45, 2.75) is 56.7 Å². The molecule has 2 saturated carbocycles. The lowest BCUT2D eigenvalue weighted by Gasteiger charge is -2.34. The second-order valence-electron chi connectivity index (χ2n) is 5.13. The molecule has 92 valence electrons. The van der Waals surface area contributed by atoms with E-state index in [4.69, 9.17) is 0 Å². The van der Waals surface area contributed by atoms with Crippen molar-refractivity contribution in [1.82, 2.24) is 15.5 Å². The fraction of sp³-hybridized carbons (Fsp3) is 0.917. The van der Waals surface area contributed by atoms with Gasteiger partial charge >= 0.3 is 6.03 Å². The maximum Gasteiger partial charge on any atom is 0.317 e. The maximum atomic E-state index is 11.8. The molecule has 0 aromatic heterocycles. The molecule has 2 aliphatic carbocycles. The SMILES string of the molecule is CNC1CCC(N(C)C(=O)NC2CC2)CC1. The number of amides is 2. The molecule has 2 aliphatic rings. The third kappa shape index (κ3) is 2.88. The predicted octanol–water partition coefficient (Wildman–Crippen LogP) is 1.32. The quantitative estimate of drug-likeness (QED) is 0.761. The van der Waals surface area contributed by atoms with Gasteiger partial charge in [-0.15, -0.1) is 0 Å². The second-order valence-corrected chi connectivity index (χ2v) is 5.13. The Balaban J connectivity index is 1.76. The van der Waals surface area contributed by atoms with Gasteiger partial charge in [0.2, 0.25) is 0 Å². The van der Waals surface area contributed by atoms with Crippen LogP contribution < -0.4 is 10.6 Å². The van der Waals surface area contributed by atoms with E-state index in [2.05, 4.69) is 10.6 Å². The Hall–Kier alpha value is -0.770. The first-order chi connectivity index (χ1) is 7.70. The summed E-state index contributed by atoms with van der Waals surface area (Å²) in [6.07, 6.45) is 6.93. The Morgan fingerprint density at radius 1 is 1.06 bits per heavy atom. The number of nitrogens with one attached hydrogen (secondary N) is 2. The Bertz CT molecular complexity index is 245. The summed E-state index contributed by atoms with van der Waals surface area (Å²) in [4.78, 5) is 13.7. The average Bonchev–Trinajstić information content (AvgIpc) is 3.12. The lowest BCUT2D eigenvalue weighted by Crippen LogP contribution is -2.47. The minimum absolute atomic E-state index is 0.121. The van der Waals surface area contributed by atoms with Crippen molar-refractivity contribution in [2.75, 3.05) is 14.1 Å². The molecule has 2 rings (SSSR count). The van der Waals surface area contributed by atoms with Gasteiger partial charge in [0.15, 0.2) is 0 Å². The van der Waals surface area contributed by atoms with Crippen molar-refractivity contribution < 1.29 is 4.79 Å². The summed E-state index contributed by atoms with van der Waals surface area (Å²) >= 11 is 0. The van der Waals surface area contributed by atoms with Crippen LogP contribution in [-0.2, 0) is 0 Å². The minimum atomic E-state index is 0.121. The zero-order chi connectivity index (χ0) is 11.5. The number of rotatable bonds is 3. The van der Waals surface area contributed by atoms with Gasteiger partial charge in [0.05, 0.1) is 0 Å². The van der Waals surface area contributed by atoms with Crippen LogP contribution in [0, 0.1) is 0 Å². The predicted molar refractivity (Wildman–Crippen MR) is 64.4 cm³/mol. The molecule has 4 nitrogen and oxygen atoms in total. The molecule has 0 saturated heterocycles. The summed E-state index contributed by atoms with van der Waals surface area (Å²) < 4.78 is 0. The molecule has 0 aromatic carbocycles. The van der Waals surface area contributed by atoms with E-state index in [1.54, 1.807) is 0 Å². The van der Waals surface area contributed by atoms with Crippen molar-refractivity contribution >= 4 is 6.03 Å². The van der Waals surface area contributed by atoms with Gasteiger partial charge in [-0.2, -0.15) is 0 Å². The molecule has 0 spiro atoms. The number of urea groups is 1. The highest BCUT2D eigenvalue weighted by atomic mass is 16.2. The number of carbonyl (C=O) groups is 1. The average molecular weight is 225 g/mol. The molecule has 2 amide bonds. The first-order valence-electron chi connectivity index (χ1n) is 6.41. The Morgan fingerprint density at radius 3 is 2.12 bits per heavy atom. The van der Waals surface area contributed by atoms with Crippen LogP contribution in [0.2, 0.25) is 0 Å². The first kappa shape index (κ1) is 11.7. The highest BCUT2D eigenvalue weighted by Gasteiger charge is 2.29. The maximum absolute atomic E-state index is 11.8. The number of nitrogens with zero attached hydrogens (tertiary/aromatic N) is 1. The molecule has 0 aromatic rings. The summed E-state index contributed by atoms with van der Waals surface area (Å²) in [5.41, 5.74) is 0. The van der Waals surface area contributed by atoms with Gasteiger partial charge in [-0.25, -0.2) is 4.79 Å². The van der Waals surface area contributed by atoms with E-state index in [-0.39, 0.29) is 6.03 Å². The standard InChI is InChI=1S/C12H23N3O/c1-13-9-5-7-11(8-6-9)15(2)12(16)14-10-3-4-10/h9-11,13H,3-8H2,1-2H3,(H,14,16). The summed E-state index contributed by atoms with van der Waals surface area (Å²) in [6.45, 7) is 0. The summed E-state index contributed by atoms with van der Waals surface area (Å²) in [7, 11) is 3.95. The van der Waals surface area contributed by atoms with E-state index < -0.39 is 0 Å². The van der Waals surface area contributed by atoms with Crippen LogP contribution in [0.3, 0.4) is 0 Å². The van der Waals surface area contributed by atoms with Crippen LogP contribution in [0.4, 0.5) is 4.79 Å². The molecule has 0 aliphatic heterocycles. The number of hydrogen-bond donors (Lipinski definition) is 2. The van der Waals surface area contributed by atoms with Crippen molar-refractivity contribution in [1.29, 1.82) is 0 Å². The van der Waals surface area contributed by atoms with Crippen molar-refractivity contribution in [3.05, 3.63) is 0 Å². The monoisotopic (exact) mass is 225 g/mol. The molecule has 0 unspecified atom stereocenters. The Morgan fingerprint density at radius 2 is 1.62 bits per heavy atom. The van der Waals surface area contributed by atoms with Crippen molar-refractivity contribution in [2.24, 2.45) is 0 Å². The van der Waals surface area contributed by atoms with Gasteiger partial charge in [0.1, 0.15) is 0 Å². The molecule has 0 atom stereocenters. The molecule has 4 heteroatoms. The highest BCUT2D eigenvalue weighted by Crippen LogP contribution is 2.23. The number of carbonyl (C=O) groups excluding carboxylic acids is 1. The molecule has 16 heavy (non-hydrogen) atoms.